The van der Waals surface area contributed by atoms with Crippen molar-refractivity contribution in [2.45, 2.75) is 25.9 Å². The summed E-state index contributed by atoms with van der Waals surface area (Å²) < 4.78 is 5.26. The van der Waals surface area contributed by atoms with Crippen molar-refractivity contribution in [3.8, 4) is 5.75 Å². The highest BCUT2D eigenvalue weighted by Crippen LogP contribution is 2.24. The summed E-state index contributed by atoms with van der Waals surface area (Å²) in [5.74, 6) is 0.277. The highest BCUT2D eigenvalue weighted by molar-refractivity contribution is 5.96. The number of methoxy groups -OCH3 is 1. The first-order chi connectivity index (χ1) is 8.95. The fraction of sp³-hybridized carbons (Fsp3) is 0.385. The molecule has 0 aromatic heterocycles. The van der Waals surface area contributed by atoms with Gasteiger partial charge in [-0.15, -0.1) is 0 Å². The number of carbonyl (C=O) groups is 2. The van der Waals surface area contributed by atoms with E-state index in [2.05, 4.69) is 5.32 Å². The molecule has 6 heteroatoms. The molecule has 0 aliphatic rings. The fourth-order valence-corrected chi connectivity index (χ4v) is 1.79. The van der Waals surface area contributed by atoms with E-state index in [1.807, 2.05) is 36.5 Å². The van der Waals surface area contributed by atoms with Gasteiger partial charge in [-0.3, -0.25) is 15.4 Å². The molecule has 0 radical (unpaired) electrons. The predicted molar refractivity (Wildman–Crippen MR) is 71.7 cm³/mol. The molecule has 0 heterocycles. The van der Waals surface area contributed by atoms with Crippen LogP contribution in [0, 0.1) is 0 Å². The average Bonchev–Trinajstić information content (AvgIpc) is 2.37. The van der Waals surface area contributed by atoms with Crippen LogP contribution in [0.3, 0.4) is 0 Å². The number of ether oxygens (including phenoxy) is 1. The molecule has 0 fully saturated rings. The van der Waals surface area contributed by atoms with Crippen molar-refractivity contribution in [2.75, 3.05) is 7.11 Å². The topological polar surface area (TPSA) is 93.4 Å². The number of hydrogen-bond acceptors (Lipinski definition) is 4. The lowest BCUT2D eigenvalue weighted by atomic mass is 10.1. The second-order valence-corrected chi connectivity index (χ2v) is 4.21. The molecule has 19 heavy (non-hydrogen) atoms. The van der Waals surface area contributed by atoms with Crippen molar-refractivity contribution in [3.05, 3.63) is 29.8 Å². The van der Waals surface area contributed by atoms with Crippen molar-refractivity contribution in [1.82, 2.24) is 10.6 Å². The Morgan fingerprint density at radius 2 is 1.89 bits per heavy atom. The van der Waals surface area contributed by atoms with Gasteiger partial charge in [0, 0.05) is 11.6 Å². The van der Waals surface area contributed by atoms with Crippen LogP contribution >= 0.6 is 0 Å². The molecule has 104 valence electrons. The van der Waals surface area contributed by atoms with E-state index in [0.29, 0.717) is 0 Å². The first kappa shape index (κ1) is 15.0. The third-order valence-corrected chi connectivity index (χ3v) is 2.75. The van der Waals surface area contributed by atoms with Crippen molar-refractivity contribution in [3.63, 3.8) is 0 Å². The van der Waals surface area contributed by atoms with Gasteiger partial charge >= 0.3 is 6.03 Å². The molecule has 0 saturated carbocycles. The first-order valence-electron chi connectivity index (χ1n) is 5.95. The standard InChI is InChI=1S/C13H19N3O3/c1-8(10-6-4-5-7-11(10)19-3)15-9(2)12(17)16-13(14)18/h4-9,15H,1-3H3,(H3,14,16,17,18)/t8-,9?/m0/s1. The van der Waals surface area contributed by atoms with Crippen LogP contribution in [0.15, 0.2) is 24.3 Å². The summed E-state index contributed by atoms with van der Waals surface area (Å²) in [6.07, 6.45) is 0. The molecule has 1 aromatic rings. The van der Waals surface area contributed by atoms with E-state index >= 15 is 0 Å². The van der Waals surface area contributed by atoms with Gasteiger partial charge in [0.25, 0.3) is 0 Å². The quantitative estimate of drug-likeness (QED) is 0.738. The van der Waals surface area contributed by atoms with Gasteiger partial charge in [-0.25, -0.2) is 4.79 Å². The van der Waals surface area contributed by atoms with Gasteiger partial charge in [-0.2, -0.15) is 0 Å². The molecule has 6 nitrogen and oxygen atoms in total. The molecule has 4 N–H and O–H groups in total. The molecular weight excluding hydrogens is 246 g/mol. The largest absolute Gasteiger partial charge is 0.496 e. The highest BCUT2D eigenvalue weighted by Gasteiger charge is 2.18. The predicted octanol–water partition coefficient (Wildman–Crippen LogP) is 0.929. The number of benzene rings is 1. The van der Waals surface area contributed by atoms with E-state index in [4.69, 9.17) is 10.5 Å². The first-order valence-corrected chi connectivity index (χ1v) is 5.95. The minimum Gasteiger partial charge on any atom is -0.496 e. The average molecular weight is 265 g/mol. The van der Waals surface area contributed by atoms with Gasteiger partial charge < -0.3 is 10.5 Å². The summed E-state index contributed by atoms with van der Waals surface area (Å²) in [7, 11) is 1.59. The Balaban J connectivity index is 2.71. The van der Waals surface area contributed by atoms with Crippen molar-refractivity contribution < 1.29 is 14.3 Å². The number of primary amides is 1. The summed E-state index contributed by atoms with van der Waals surface area (Å²) >= 11 is 0. The minimum atomic E-state index is -0.858. The number of hydrogen-bond donors (Lipinski definition) is 3. The summed E-state index contributed by atoms with van der Waals surface area (Å²) in [6, 6.07) is 6.01. The smallest absolute Gasteiger partial charge is 0.318 e. The lowest BCUT2D eigenvalue weighted by Gasteiger charge is -2.21. The van der Waals surface area contributed by atoms with Gasteiger partial charge in [0.1, 0.15) is 5.75 Å². The van der Waals surface area contributed by atoms with Gasteiger partial charge in [0.2, 0.25) is 5.91 Å². The zero-order valence-corrected chi connectivity index (χ0v) is 11.3. The van der Waals surface area contributed by atoms with Gasteiger partial charge in [-0.05, 0) is 19.9 Å². The number of carbonyl (C=O) groups excluding carboxylic acids is 2. The molecule has 0 spiro atoms. The molecule has 1 rings (SSSR count). The molecule has 0 saturated heterocycles. The number of imide groups is 1. The van der Waals surface area contributed by atoms with Crippen LogP contribution in [0.1, 0.15) is 25.5 Å². The normalized spacial score (nSPS) is 13.4. The molecule has 2 atom stereocenters. The molecule has 0 aliphatic carbocycles. The van der Waals surface area contributed by atoms with Crippen molar-refractivity contribution in [1.29, 1.82) is 0 Å². The van der Waals surface area contributed by atoms with Gasteiger partial charge in [-0.1, -0.05) is 18.2 Å². The monoisotopic (exact) mass is 265 g/mol. The van der Waals surface area contributed by atoms with Crippen LogP contribution in [-0.2, 0) is 4.79 Å². The number of urea groups is 1. The lowest BCUT2D eigenvalue weighted by molar-refractivity contribution is -0.121. The van der Waals surface area contributed by atoms with Crippen molar-refractivity contribution >= 4 is 11.9 Å². The van der Waals surface area contributed by atoms with Crippen LogP contribution in [0.25, 0.3) is 0 Å². The SMILES string of the molecule is COc1ccccc1[C@H](C)NC(C)C(=O)NC(N)=O. The highest BCUT2D eigenvalue weighted by atomic mass is 16.5. The molecule has 0 bridgehead atoms. The number of para-hydroxylation sites is 1. The van der Waals surface area contributed by atoms with Gasteiger partial charge in [0.15, 0.2) is 0 Å². The summed E-state index contributed by atoms with van der Waals surface area (Å²) in [4.78, 5) is 22.2. The summed E-state index contributed by atoms with van der Waals surface area (Å²) in [6.45, 7) is 3.57. The van der Waals surface area contributed by atoms with E-state index in [9.17, 15) is 9.59 Å². The third kappa shape index (κ3) is 4.26. The van der Waals surface area contributed by atoms with Crippen molar-refractivity contribution in [2.24, 2.45) is 5.73 Å². The second-order valence-electron chi connectivity index (χ2n) is 4.21. The Morgan fingerprint density at radius 3 is 2.47 bits per heavy atom. The zero-order chi connectivity index (χ0) is 14.4. The van der Waals surface area contributed by atoms with Crippen LogP contribution < -0.4 is 21.1 Å². The Hall–Kier alpha value is -2.08. The maximum atomic E-state index is 11.6. The number of rotatable bonds is 5. The van der Waals surface area contributed by atoms with Crippen LogP contribution in [0.2, 0.25) is 0 Å². The molecular formula is C13H19N3O3. The maximum Gasteiger partial charge on any atom is 0.318 e. The Kier molecular flexibility index (Phi) is 5.32. The number of nitrogens with one attached hydrogen (secondary N) is 2. The van der Waals surface area contributed by atoms with Gasteiger partial charge in [0.05, 0.1) is 13.2 Å². The van der Waals surface area contributed by atoms with E-state index in [1.165, 1.54) is 0 Å². The van der Waals surface area contributed by atoms with E-state index in [1.54, 1.807) is 14.0 Å². The van der Waals surface area contributed by atoms with E-state index < -0.39 is 18.0 Å². The van der Waals surface area contributed by atoms with E-state index in [0.717, 1.165) is 11.3 Å². The number of amides is 3. The lowest BCUT2D eigenvalue weighted by Crippen LogP contribution is -2.47. The Morgan fingerprint density at radius 1 is 1.26 bits per heavy atom. The zero-order valence-electron chi connectivity index (χ0n) is 11.3. The Labute approximate surface area is 112 Å². The fourth-order valence-electron chi connectivity index (χ4n) is 1.79. The molecule has 0 aliphatic heterocycles. The summed E-state index contributed by atoms with van der Waals surface area (Å²) in [5, 5.41) is 5.11. The van der Waals surface area contributed by atoms with Crippen LogP contribution in [0.4, 0.5) is 4.79 Å². The molecule has 1 unspecified atom stereocenters. The van der Waals surface area contributed by atoms with Crippen LogP contribution in [-0.4, -0.2) is 25.1 Å². The summed E-state index contributed by atoms with van der Waals surface area (Å²) in [5.41, 5.74) is 5.83. The second kappa shape index (κ2) is 6.75. The number of nitrogens with two attached hydrogens (primary N) is 1. The van der Waals surface area contributed by atoms with Crippen LogP contribution in [0.5, 0.6) is 5.75 Å². The molecule has 1 aromatic carbocycles. The van der Waals surface area contributed by atoms with E-state index in [-0.39, 0.29) is 6.04 Å². The molecule has 3 amide bonds. The third-order valence-electron chi connectivity index (χ3n) is 2.75. The maximum absolute atomic E-state index is 11.6. The minimum absolute atomic E-state index is 0.107. The Bertz CT molecular complexity index is 462.